The second kappa shape index (κ2) is 1.54. The monoisotopic (exact) mass is 127 g/mol. The van der Waals surface area contributed by atoms with Gasteiger partial charge in [0, 0.05) is 0 Å². The Hall–Kier alpha value is -1.39. The van der Waals surface area contributed by atoms with Crippen LogP contribution in [-0.2, 0) is 0 Å². The first-order chi connectivity index (χ1) is 4.13. The Morgan fingerprint density at radius 1 is 1.44 bits per heavy atom. The van der Waals surface area contributed by atoms with Crippen molar-refractivity contribution in [2.75, 3.05) is 17.3 Å². The molecule has 0 radical (unpaired) electrons. The number of aromatic nitrogens is 2. The lowest BCUT2D eigenvalue weighted by molar-refractivity contribution is 0.937. The fraction of sp³-hybridized carbons (Fsp3) is 0.250. The Bertz CT molecular complexity index is 203. The molecule has 50 valence electrons. The summed E-state index contributed by atoms with van der Waals surface area (Å²) in [5.74, 6) is 6.57. The predicted octanol–water partition coefficient (Wildman–Crippen LogP) is -0.930. The number of anilines is 2. The first kappa shape index (κ1) is 5.74. The standard InChI is InChI=1S/C4H9N5/c1-2-8-3(5)4(6)9(2)7/h5-7H2,1H3. The third kappa shape index (κ3) is 0.658. The quantitative estimate of drug-likeness (QED) is 0.392. The number of hydrogen-bond donors (Lipinski definition) is 3. The van der Waals surface area contributed by atoms with Gasteiger partial charge in [-0.05, 0) is 6.92 Å². The van der Waals surface area contributed by atoms with Crippen LogP contribution in [0.5, 0.6) is 0 Å². The average molecular weight is 127 g/mol. The Morgan fingerprint density at radius 3 is 2.11 bits per heavy atom. The van der Waals surface area contributed by atoms with Crippen molar-refractivity contribution in [1.82, 2.24) is 9.66 Å². The minimum absolute atomic E-state index is 0.287. The Morgan fingerprint density at radius 2 is 2.00 bits per heavy atom. The first-order valence-electron chi connectivity index (χ1n) is 2.48. The molecular weight excluding hydrogens is 118 g/mol. The third-order valence-electron chi connectivity index (χ3n) is 1.15. The zero-order valence-electron chi connectivity index (χ0n) is 5.13. The van der Waals surface area contributed by atoms with E-state index < -0.39 is 0 Å². The van der Waals surface area contributed by atoms with Gasteiger partial charge in [-0.2, -0.15) is 0 Å². The summed E-state index contributed by atoms with van der Waals surface area (Å²) in [6.07, 6.45) is 0. The van der Waals surface area contributed by atoms with Gasteiger partial charge in [0.2, 0.25) is 0 Å². The van der Waals surface area contributed by atoms with Crippen LogP contribution in [0.4, 0.5) is 11.6 Å². The molecule has 0 unspecified atom stereocenters. The first-order valence-corrected chi connectivity index (χ1v) is 2.48. The molecule has 0 saturated heterocycles. The molecule has 0 aromatic carbocycles. The summed E-state index contributed by atoms with van der Waals surface area (Å²) in [7, 11) is 0. The molecule has 0 aliphatic carbocycles. The van der Waals surface area contributed by atoms with E-state index in [4.69, 9.17) is 17.3 Å². The van der Waals surface area contributed by atoms with Gasteiger partial charge < -0.3 is 17.3 Å². The Balaban J connectivity index is 3.29. The van der Waals surface area contributed by atoms with Crippen molar-refractivity contribution in [3.63, 3.8) is 0 Å². The molecule has 6 N–H and O–H groups in total. The van der Waals surface area contributed by atoms with E-state index >= 15 is 0 Å². The van der Waals surface area contributed by atoms with Crippen LogP contribution in [0.1, 0.15) is 5.82 Å². The SMILES string of the molecule is Cc1nc(N)c(N)n1N. The highest BCUT2D eigenvalue weighted by Crippen LogP contribution is 2.10. The fourth-order valence-electron chi connectivity index (χ4n) is 0.583. The van der Waals surface area contributed by atoms with Gasteiger partial charge in [0.15, 0.2) is 11.6 Å². The van der Waals surface area contributed by atoms with Gasteiger partial charge in [-0.1, -0.05) is 0 Å². The van der Waals surface area contributed by atoms with E-state index in [-0.39, 0.29) is 5.82 Å². The van der Waals surface area contributed by atoms with Crippen LogP contribution in [0.15, 0.2) is 0 Å². The van der Waals surface area contributed by atoms with Gasteiger partial charge in [0.05, 0.1) is 0 Å². The maximum absolute atomic E-state index is 5.35. The lowest BCUT2D eigenvalue weighted by atomic mass is 10.7. The van der Waals surface area contributed by atoms with Crippen LogP contribution < -0.4 is 17.3 Å². The van der Waals surface area contributed by atoms with E-state index in [1.807, 2.05) is 0 Å². The summed E-state index contributed by atoms with van der Waals surface area (Å²) in [6.45, 7) is 1.73. The van der Waals surface area contributed by atoms with Crippen molar-refractivity contribution in [1.29, 1.82) is 0 Å². The van der Waals surface area contributed by atoms with Gasteiger partial charge in [0.1, 0.15) is 5.82 Å². The van der Waals surface area contributed by atoms with E-state index in [0.29, 0.717) is 11.6 Å². The topological polar surface area (TPSA) is 95.9 Å². The maximum atomic E-state index is 5.35. The number of nitrogens with zero attached hydrogens (tertiary/aromatic N) is 2. The number of imidazole rings is 1. The molecule has 0 atom stereocenters. The van der Waals surface area contributed by atoms with E-state index in [9.17, 15) is 0 Å². The maximum Gasteiger partial charge on any atom is 0.168 e. The molecule has 1 aromatic heterocycles. The lowest BCUT2D eigenvalue weighted by Gasteiger charge is -1.94. The minimum atomic E-state index is 0.287. The van der Waals surface area contributed by atoms with E-state index in [0.717, 1.165) is 0 Å². The number of rotatable bonds is 0. The number of aryl methyl sites for hydroxylation is 1. The van der Waals surface area contributed by atoms with Crippen molar-refractivity contribution in [3.8, 4) is 0 Å². The summed E-state index contributed by atoms with van der Waals surface area (Å²) < 4.78 is 1.25. The van der Waals surface area contributed by atoms with Crippen LogP contribution >= 0.6 is 0 Å². The smallest absolute Gasteiger partial charge is 0.168 e. The van der Waals surface area contributed by atoms with Crippen molar-refractivity contribution in [2.45, 2.75) is 6.92 Å². The lowest BCUT2D eigenvalue weighted by Crippen LogP contribution is -2.13. The number of hydrogen-bond acceptors (Lipinski definition) is 4. The second-order valence-corrected chi connectivity index (χ2v) is 1.80. The Kier molecular flexibility index (Phi) is 0.985. The normalized spacial score (nSPS) is 9.89. The van der Waals surface area contributed by atoms with E-state index in [2.05, 4.69) is 4.98 Å². The van der Waals surface area contributed by atoms with E-state index in [1.54, 1.807) is 6.92 Å². The Labute approximate surface area is 52.4 Å². The van der Waals surface area contributed by atoms with Crippen LogP contribution in [0.25, 0.3) is 0 Å². The molecule has 0 spiro atoms. The van der Waals surface area contributed by atoms with Gasteiger partial charge in [-0.15, -0.1) is 0 Å². The van der Waals surface area contributed by atoms with Crippen LogP contribution in [0.3, 0.4) is 0 Å². The van der Waals surface area contributed by atoms with Crippen molar-refractivity contribution in [2.24, 2.45) is 0 Å². The van der Waals surface area contributed by atoms with Crippen molar-refractivity contribution < 1.29 is 0 Å². The summed E-state index contributed by atoms with van der Waals surface area (Å²) in [4.78, 5) is 3.80. The molecule has 1 aromatic rings. The van der Waals surface area contributed by atoms with Crippen molar-refractivity contribution >= 4 is 11.6 Å². The van der Waals surface area contributed by atoms with Crippen LogP contribution in [0, 0.1) is 6.92 Å². The number of nitrogens with two attached hydrogens (primary N) is 3. The molecule has 5 heteroatoms. The van der Waals surface area contributed by atoms with Gasteiger partial charge in [0.25, 0.3) is 0 Å². The molecule has 0 bridgehead atoms. The van der Waals surface area contributed by atoms with Crippen LogP contribution in [0.2, 0.25) is 0 Å². The highest BCUT2D eigenvalue weighted by Gasteiger charge is 2.03. The highest BCUT2D eigenvalue weighted by atomic mass is 15.4. The molecule has 0 fully saturated rings. The molecule has 0 aliphatic rings. The molecule has 0 saturated carbocycles. The summed E-state index contributed by atoms with van der Waals surface area (Å²) >= 11 is 0. The van der Waals surface area contributed by atoms with Gasteiger partial charge >= 0.3 is 0 Å². The van der Waals surface area contributed by atoms with Crippen LogP contribution in [-0.4, -0.2) is 9.66 Å². The minimum Gasteiger partial charge on any atom is -0.381 e. The third-order valence-corrected chi connectivity index (χ3v) is 1.15. The molecule has 9 heavy (non-hydrogen) atoms. The zero-order valence-corrected chi connectivity index (χ0v) is 5.13. The zero-order chi connectivity index (χ0) is 7.02. The molecule has 0 amide bonds. The average Bonchev–Trinajstić information content (AvgIpc) is 1.98. The van der Waals surface area contributed by atoms with Gasteiger partial charge in [-0.3, -0.25) is 0 Å². The molecule has 1 heterocycles. The largest absolute Gasteiger partial charge is 0.381 e. The van der Waals surface area contributed by atoms with E-state index in [1.165, 1.54) is 4.68 Å². The predicted molar refractivity (Wildman–Crippen MR) is 35.9 cm³/mol. The second-order valence-electron chi connectivity index (χ2n) is 1.80. The summed E-state index contributed by atoms with van der Waals surface area (Å²) in [5.41, 5.74) is 10.7. The molecule has 5 nitrogen and oxygen atoms in total. The molecular formula is C4H9N5. The fourth-order valence-corrected chi connectivity index (χ4v) is 0.583. The van der Waals surface area contributed by atoms with Crippen molar-refractivity contribution in [3.05, 3.63) is 5.82 Å². The highest BCUT2D eigenvalue weighted by molar-refractivity contribution is 5.54. The summed E-state index contributed by atoms with van der Waals surface area (Å²) in [5, 5.41) is 0. The number of nitrogen functional groups attached to an aromatic ring is 3. The molecule has 1 rings (SSSR count). The van der Waals surface area contributed by atoms with Gasteiger partial charge in [-0.25, -0.2) is 9.66 Å². The summed E-state index contributed by atoms with van der Waals surface area (Å²) in [6, 6.07) is 0. The molecule has 0 aliphatic heterocycles.